The lowest BCUT2D eigenvalue weighted by atomic mass is 9.77. The average Bonchev–Trinajstić information content (AvgIpc) is 2.97. The van der Waals surface area contributed by atoms with E-state index < -0.39 is 11.3 Å². The summed E-state index contributed by atoms with van der Waals surface area (Å²) in [6, 6.07) is 20.9. The third-order valence-corrected chi connectivity index (χ3v) is 5.55. The van der Waals surface area contributed by atoms with Crippen molar-refractivity contribution in [2.24, 2.45) is 5.73 Å². The first-order valence-corrected chi connectivity index (χ1v) is 9.40. The second-order valence-corrected chi connectivity index (χ2v) is 7.49. The molecule has 0 spiro atoms. The molecule has 2 amide bonds. The molecule has 1 atom stereocenters. The smallest absolute Gasteiger partial charge is 0.248 e. The van der Waals surface area contributed by atoms with Crippen molar-refractivity contribution >= 4 is 17.5 Å². The predicted octanol–water partition coefficient (Wildman–Crippen LogP) is 3.91. The van der Waals surface area contributed by atoms with Crippen LogP contribution in [0.3, 0.4) is 0 Å². The zero-order chi connectivity index (χ0) is 20.6. The van der Waals surface area contributed by atoms with Crippen LogP contribution in [0, 0.1) is 0 Å². The molecule has 1 unspecified atom stereocenters. The van der Waals surface area contributed by atoms with E-state index in [0.29, 0.717) is 12.0 Å². The molecular weight excluding hydrogens is 364 g/mol. The highest BCUT2D eigenvalue weighted by Gasteiger charge is 2.42. The monoisotopic (exact) mass is 386 g/mol. The fourth-order valence-corrected chi connectivity index (χ4v) is 3.96. The number of nitrogens with two attached hydrogens (primary N) is 1. The number of ether oxygens (including phenoxy) is 1. The van der Waals surface area contributed by atoms with Gasteiger partial charge in [0, 0.05) is 16.8 Å². The van der Waals surface area contributed by atoms with Gasteiger partial charge in [0.25, 0.3) is 0 Å². The largest absolute Gasteiger partial charge is 0.496 e. The maximum atomic E-state index is 12.9. The zero-order valence-electron chi connectivity index (χ0n) is 16.4. The van der Waals surface area contributed by atoms with Crippen LogP contribution in [0.15, 0.2) is 66.7 Å². The van der Waals surface area contributed by atoms with Crippen LogP contribution >= 0.6 is 0 Å². The van der Waals surface area contributed by atoms with Crippen LogP contribution in [0.1, 0.15) is 28.4 Å². The first-order chi connectivity index (χ1) is 13.9. The number of fused-ring (bicyclic) bond motifs is 1. The van der Waals surface area contributed by atoms with Gasteiger partial charge in [0.1, 0.15) is 5.75 Å². The molecular formula is C24H22N2O3. The maximum Gasteiger partial charge on any atom is 0.248 e. The minimum Gasteiger partial charge on any atom is -0.496 e. The van der Waals surface area contributed by atoms with Crippen molar-refractivity contribution in [2.75, 3.05) is 12.4 Å². The molecule has 0 bridgehead atoms. The summed E-state index contributed by atoms with van der Waals surface area (Å²) >= 11 is 0. The highest BCUT2D eigenvalue weighted by Crippen LogP contribution is 2.43. The molecule has 0 fully saturated rings. The van der Waals surface area contributed by atoms with E-state index in [2.05, 4.69) is 5.32 Å². The van der Waals surface area contributed by atoms with Crippen molar-refractivity contribution in [3.63, 3.8) is 0 Å². The molecule has 0 radical (unpaired) electrons. The van der Waals surface area contributed by atoms with Gasteiger partial charge in [0.15, 0.2) is 0 Å². The Kier molecular flexibility index (Phi) is 4.59. The number of rotatable bonds is 5. The van der Waals surface area contributed by atoms with Crippen molar-refractivity contribution in [2.45, 2.75) is 18.8 Å². The van der Waals surface area contributed by atoms with Gasteiger partial charge in [-0.25, -0.2) is 0 Å². The summed E-state index contributed by atoms with van der Waals surface area (Å²) in [4.78, 5) is 24.4. The van der Waals surface area contributed by atoms with Gasteiger partial charge in [0.05, 0.1) is 12.5 Å². The van der Waals surface area contributed by atoms with E-state index in [0.717, 1.165) is 33.7 Å². The Morgan fingerprint density at radius 1 is 1.07 bits per heavy atom. The number of nitrogens with one attached hydrogen (secondary N) is 1. The van der Waals surface area contributed by atoms with Gasteiger partial charge in [-0.1, -0.05) is 36.4 Å². The molecule has 3 N–H and O–H groups in total. The molecule has 3 aromatic rings. The number of benzene rings is 3. The lowest BCUT2D eigenvalue weighted by Crippen LogP contribution is -2.33. The number of hydrogen-bond acceptors (Lipinski definition) is 3. The summed E-state index contributed by atoms with van der Waals surface area (Å²) in [5.74, 6) is 0.237. The number of amides is 2. The van der Waals surface area contributed by atoms with Gasteiger partial charge in [-0.2, -0.15) is 0 Å². The van der Waals surface area contributed by atoms with E-state index in [4.69, 9.17) is 10.5 Å². The molecule has 146 valence electrons. The number of carbonyl (C=O) groups excluding carboxylic acids is 2. The highest BCUT2D eigenvalue weighted by molar-refractivity contribution is 6.06. The van der Waals surface area contributed by atoms with E-state index in [9.17, 15) is 9.59 Å². The Balaban J connectivity index is 1.77. The van der Waals surface area contributed by atoms with Crippen molar-refractivity contribution in [3.8, 4) is 16.9 Å². The Morgan fingerprint density at radius 2 is 1.86 bits per heavy atom. The first-order valence-electron chi connectivity index (χ1n) is 9.40. The van der Waals surface area contributed by atoms with E-state index in [1.807, 2.05) is 55.5 Å². The number of anilines is 1. The molecule has 5 heteroatoms. The van der Waals surface area contributed by atoms with Gasteiger partial charge in [-0.3, -0.25) is 9.59 Å². The molecule has 0 saturated heterocycles. The zero-order valence-corrected chi connectivity index (χ0v) is 16.4. The molecule has 0 aromatic heterocycles. The molecule has 5 nitrogen and oxygen atoms in total. The minimum atomic E-state index is -0.760. The van der Waals surface area contributed by atoms with E-state index in [-0.39, 0.29) is 5.91 Å². The number of primary amides is 1. The summed E-state index contributed by atoms with van der Waals surface area (Å²) in [6.45, 7) is 1.93. The van der Waals surface area contributed by atoms with E-state index >= 15 is 0 Å². The molecule has 1 aliphatic heterocycles. The third kappa shape index (κ3) is 3.25. The molecule has 0 saturated carbocycles. The van der Waals surface area contributed by atoms with Crippen LogP contribution in [0.25, 0.3) is 11.1 Å². The van der Waals surface area contributed by atoms with Gasteiger partial charge < -0.3 is 15.8 Å². The SMILES string of the molecule is COc1ccccc1-c1ccc2c(c1)C(C)(Cc1cccc(C(N)=O)c1)C(=O)N2. The molecule has 29 heavy (non-hydrogen) atoms. The maximum absolute atomic E-state index is 12.9. The Hall–Kier alpha value is -3.60. The molecule has 3 aromatic carbocycles. The summed E-state index contributed by atoms with van der Waals surface area (Å²) in [5.41, 5.74) is 9.65. The normalized spacial score (nSPS) is 17.5. The van der Waals surface area contributed by atoms with Crippen LogP contribution in [-0.2, 0) is 16.6 Å². The number of para-hydroxylation sites is 1. The second kappa shape index (κ2) is 7.09. The van der Waals surface area contributed by atoms with Crippen LogP contribution in [-0.4, -0.2) is 18.9 Å². The fraction of sp³-hybridized carbons (Fsp3) is 0.167. The van der Waals surface area contributed by atoms with Crippen LogP contribution < -0.4 is 15.8 Å². The Bertz CT molecular complexity index is 1120. The first kappa shape index (κ1) is 18.7. The van der Waals surface area contributed by atoms with Gasteiger partial charge >= 0.3 is 0 Å². The predicted molar refractivity (Wildman–Crippen MR) is 113 cm³/mol. The highest BCUT2D eigenvalue weighted by atomic mass is 16.5. The molecule has 1 heterocycles. The Labute approximate surface area is 169 Å². The number of hydrogen-bond donors (Lipinski definition) is 2. The Morgan fingerprint density at radius 3 is 2.62 bits per heavy atom. The van der Waals surface area contributed by atoms with Gasteiger partial charge in [0.2, 0.25) is 11.8 Å². The molecule has 1 aliphatic rings. The van der Waals surface area contributed by atoms with Crippen molar-refractivity contribution < 1.29 is 14.3 Å². The number of carbonyl (C=O) groups is 2. The molecule has 4 rings (SSSR count). The lowest BCUT2D eigenvalue weighted by Gasteiger charge is -2.23. The third-order valence-electron chi connectivity index (χ3n) is 5.55. The quantitative estimate of drug-likeness (QED) is 0.697. The average molecular weight is 386 g/mol. The van der Waals surface area contributed by atoms with Crippen molar-refractivity contribution in [1.82, 2.24) is 0 Å². The van der Waals surface area contributed by atoms with Crippen molar-refractivity contribution in [1.29, 1.82) is 0 Å². The van der Waals surface area contributed by atoms with Gasteiger partial charge in [-0.15, -0.1) is 0 Å². The molecule has 0 aliphatic carbocycles. The van der Waals surface area contributed by atoms with E-state index in [1.165, 1.54) is 0 Å². The van der Waals surface area contributed by atoms with Gasteiger partial charge in [-0.05, 0) is 60.4 Å². The standard InChI is InChI=1S/C24H22N2O3/c1-24(14-15-6-5-7-17(12-15)22(25)27)19-13-16(10-11-20(19)26-23(24)28)18-8-3-4-9-21(18)29-2/h3-13H,14H2,1-2H3,(H2,25,27)(H,26,28). The summed E-state index contributed by atoms with van der Waals surface area (Å²) in [5, 5.41) is 2.99. The number of methoxy groups -OCH3 is 1. The summed E-state index contributed by atoms with van der Waals surface area (Å²) in [7, 11) is 1.65. The fourth-order valence-electron chi connectivity index (χ4n) is 3.96. The minimum absolute atomic E-state index is 0.0610. The lowest BCUT2D eigenvalue weighted by molar-refractivity contribution is -0.120. The van der Waals surface area contributed by atoms with Crippen molar-refractivity contribution in [3.05, 3.63) is 83.4 Å². The summed E-state index contributed by atoms with van der Waals surface area (Å²) in [6.07, 6.45) is 0.461. The summed E-state index contributed by atoms with van der Waals surface area (Å²) < 4.78 is 5.50. The van der Waals surface area contributed by atoms with Crippen LogP contribution in [0.5, 0.6) is 5.75 Å². The van der Waals surface area contributed by atoms with E-state index in [1.54, 1.807) is 25.3 Å². The topological polar surface area (TPSA) is 81.4 Å². The van der Waals surface area contributed by atoms with Crippen LogP contribution in [0.4, 0.5) is 5.69 Å². The van der Waals surface area contributed by atoms with Crippen LogP contribution in [0.2, 0.25) is 0 Å². The second-order valence-electron chi connectivity index (χ2n) is 7.49.